The van der Waals surface area contributed by atoms with Gasteiger partial charge in [0, 0.05) is 10.5 Å². The van der Waals surface area contributed by atoms with E-state index < -0.39 is 5.60 Å². The molecule has 0 radical (unpaired) electrons. The Morgan fingerprint density at radius 1 is 1.41 bits per heavy atom. The quantitative estimate of drug-likeness (QED) is 0.879. The molecule has 2 nitrogen and oxygen atoms in total. The maximum atomic E-state index is 10.8. The maximum Gasteiger partial charge on any atom is 0.103 e. The second-order valence-corrected chi connectivity index (χ2v) is 6.12. The number of nitrogens with one attached hydrogen (secondary N) is 1. The third-order valence-electron chi connectivity index (χ3n) is 3.76. The number of aliphatic hydroxyl groups is 1. The normalized spacial score (nSPS) is 28.7. The van der Waals surface area contributed by atoms with Gasteiger partial charge >= 0.3 is 0 Å². The zero-order valence-corrected chi connectivity index (χ0v) is 12.0. The number of hydrogen-bond acceptors (Lipinski definition) is 2. The largest absolute Gasteiger partial charge is 0.384 e. The fraction of sp³-hybridized carbons (Fsp3) is 0.571. The van der Waals surface area contributed by atoms with Crippen molar-refractivity contribution in [1.82, 2.24) is 5.32 Å². The number of benzene rings is 1. The van der Waals surface area contributed by atoms with Gasteiger partial charge in [0.1, 0.15) is 5.60 Å². The van der Waals surface area contributed by atoms with E-state index >= 15 is 0 Å². The molecule has 0 spiro atoms. The summed E-state index contributed by atoms with van der Waals surface area (Å²) in [6.45, 7) is 5.15. The van der Waals surface area contributed by atoms with Crippen LogP contribution in [0.2, 0.25) is 0 Å². The van der Waals surface area contributed by atoms with Crippen molar-refractivity contribution in [3.63, 3.8) is 0 Å². The molecule has 1 aliphatic rings. The van der Waals surface area contributed by atoms with Crippen LogP contribution in [0.15, 0.2) is 28.7 Å². The highest BCUT2D eigenvalue weighted by Gasteiger charge is 2.37. The van der Waals surface area contributed by atoms with Crippen molar-refractivity contribution < 1.29 is 5.11 Å². The number of halogens is 1. The van der Waals surface area contributed by atoms with Crippen LogP contribution in [0.3, 0.4) is 0 Å². The van der Waals surface area contributed by atoms with E-state index in [1.54, 1.807) is 0 Å². The highest BCUT2D eigenvalue weighted by atomic mass is 79.9. The van der Waals surface area contributed by atoms with Gasteiger partial charge in [-0.3, -0.25) is 0 Å². The van der Waals surface area contributed by atoms with Crippen LogP contribution in [-0.4, -0.2) is 17.7 Å². The fourth-order valence-electron chi connectivity index (χ4n) is 2.60. The fourth-order valence-corrected chi connectivity index (χ4v) is 3.28. The molecule has 0 aromatic heterocycles. The van der Waals surface area contributed by atoms with E-state index in [1.165, 1.54) is 6.42 Å². The van der Waals surface area contributed by atoms with Crippen molar-refractivity contribution in [2.24, 2.45) is 5.92 Å². The van der Waals surface area contributed by atoms with E-state index in [4.69, 9.17) is 0 Å². The van der Waals surface area contributed by atoms with Gasteiger partial charge < -0.3 is 10.4 Å². The van der Waals surface area contributed by atoms with Gasteiger partial charge in [-0.1, -0.05) is 41.1 Å². The molecular formula is C14H20BrNO. The highest BCUT2D eigenvalue weighted by Crippen LogP contribution is 2.34. The SMILES string of the molecule is CC1CCNC(C(C)(O)c2ccccc2Br)C1. The van der Waals surface area contributed by atoms with Crippen molar-refractivity contribution in [3.05, 3.63) is 34.3 Å². The van der Waals surface area contributed by atoms with Crippen molar-refractivity contribution in [3.8, 4) is 0 Å². The Bertz CT molecular complexity index is 392. The molecule has 17 heavy (non-hydrogen) atoms. The van der Waals surface area contributed by atoms with Crippen molar-refractivity contribution in [2.75, 3.05) is 6.54 Å². The minimum atomic E-state index is -0.825. The second-order valence-electron chi connectivity index (χ2n) is 5.26. The maximum absolute atomic E-state index is 10.8. The molecule has 3 unspecified atom stereocenters. The average molecular weight is 298 g/mol. The van der Waals surface area contributed by atoms with E-state index in [2.05, 4.69) is 28.2 Å². The van der Waals surface area contributed by atoms with Gasteiger partial charge in [-0.15, -0.1) is 0 Å². The summed E-state index contributed by atoms with van der Waals surface area (Å²) in [4.78, 5) is 0. The summed E-state index contributed by atoms with van der Waals surface area (Å²) in [5.41, 5.74) is 0.140. The monoisotopic (exact) mass is 297 g/mol. The lowest BCUT2D eigenvalue weighted by atomic mass is 9.80. The highest BCUT2D eigenvalue weighted by molar-refractivity contribution is 9.10. The van der Waals surface area contributed by atoms with E-state index in [9.17, 15) is 5.11 Å². The molecule has 2 rings (SSSR count). The molecule has 3 heteroatoms. The first kappa shape index (κ1) is 13.1. The van der Waals surface area contributed by atoms with Crippen LogP contribution in [-0.2, 0) is 5.60 Å². The Morgan fingerprint density at radius 2 is 2.12 bits per heavy atom. The first-order valence-corrected chi connectivity index (χ1v) is 7.02. The summed E-state index contributed by atoms with van der Waals surface area (Å²) in [5, 5.41) is 14.3. The van der Waals surface area contributed by atoms with Crippen molar-refractivity contribution in [1.29, 1.82) is 0 Å². The molecule has 1 aromatic carbocycles. The molecule has 0 saturated carbocycles. The van der Waals surface area contributed by atoms with Gasteiger partial charge in [-0.05, 0) is 43.9 Å². The van der Waals surface area contributed by atoms with Crippen LogP contribution in [0.1, 0.15) is 32.3 Å². The van der Waals surface area contributed by atoms with Crippen molar-refractivity contribution >= 4 is 15.9 Å². The standard InChI is InChI=1S/C14H20BrNO/c1-10-7-8-16-13(9-10)14(2,17)11-5-3-4-6-12(11)15/h3-6,10,13,16-17H,7-9H2,1-2H3. The van der Waals surface area contributed by atoms with E-state index in [0.717, 1.165) is 23.0 Å². The van der Waals surface area contributed by atoms with E-state index in [0.29, 0.717) is 5.92 Å². The lowest BCUT2D eigenvalue weighted by Gasteiger charge is -2.39. The Labute approximate surface area is 112 Å². The third kappa shape index (κ3) is 2.72. The zero-order valence-electron chi connectivity index (χ0n) is 10.4. The Morgan fingerprint density at radius 3 is 2.76 bits per heavy atom. The molecule has 1 aromatic rings. The minimum Gasteiger partial charge on any atom is -0.384 e. The van der Waals surface area contributed by atoms with Gasteiger partial charge in [0.25, 0.3) is 0 Å². The first-order valence-electron chi connectivity index (χ1n) is 6.22. The molecule has 94 valence electrons. The van der Waals surface area contributed by atoms with Crippen LogP contribution in [0.5, 0.6) is 0 Å². The molecule has 1 saturated heterocycles. The van der Waals surface area contributed by atoms with Crippen LogP contribution < -0.4 is 5.32 Å². The van der Waals surface area contributed by atoms with Gasteiger partial charge in [-0.25, -0.2) is 0 Å². The van der Waals surface area contributed by atoms with E-state index in [-0.39, 0.29) is 6.04 Å². The van der Waals surface area contributed by atoms with E-state index in [1.807, 2.05) is 31.2 Å². The smallest absolute Gasteiger partial charge is 0.103 e. The second kappa shape index (κ2) is 5.09. The molecule has 1 fully saturated rings. The van der Waals surface area contributed by atoms with Gasteiger partial charge in [0.15, 0.2) is 0 Å². The average Bonchev–Trinajstić information content (AvgIpc) is 2.29. The lowest BCUT2D eigenvalue weighted by Crippen LogP contribution is -2.50. The molecule has 1 heterocycles. The van der Waals surface area contributed by atoms with Crippen LogP contribution in [0.25, 0.3) is 0 Å². The number of hydrogen-bond donors (Lipinski definition) is 2. The van der Waals surface area contributed by atoms with Gasteiger partial charge in [-0.2, -0.15) is 0 Å². The van der Waals surface area contributed by atoms with Crippen LogP contribution >= 0.6 is 15.9 Å². The minimum absolute atomic E-state index is 0.130. The lowest BCUT2D eigenvalue weighted by molar-refractivity contribution is -0.00201. The zero-order chi connectivity index (χ0) is 12.5. The molecule has 0 amide bonds. The molecular weight excluding hydrogens is 278 g/mol. The molecule has 1 aliphatic heterocycles. The summed E-state index contributed by atoms with van der Waals surface area (Å²) in [6.07, 6.45) is 2.22. The molecule has 3 atom stereocenters. The van der Waals surface area contributed by atoms with Crippen molar-refractivity contribution in [2.45, 2.75) is 38.3 Å². The summed E-state index contributed by atoms with van der Waals surface area (Å²) in [5.74, 6) is 0.676. The summed E-state index contributed by atoms with van der Waals surface area (Å²) >= 11 is 3.53. The van der Waals surface area contributed by atoms with Crippen LogP contribution in [0, 0.1) is 5.92 Å². The predicted molar refractivity (Wildman–Crippen MR) is 73.9 cm³/mol. The molecule has 0 bridgehead atoms. The van der Waals surface area contributed by atoms with Crippen LogP contribution in [0.4, 0.5) is 0 Å². The molecule has 2 N–H and O–H groups in total. The summed E-state index contributed by atoms with van der Waals surface area (Å²) in [7, 11) is 0. The Balaban J connectivity index is 2.26. The third-order valence-corrected chi connectivity index (χ3v) is 4.46. The Kier molecular flexibility index (Phi) is 3.91. The first-order chi connectivity index (χ1) is 8.01. The summed E-state index contributed by atoms with van der Waals surface area (Å²) < 4.78 is 0.977. The number of piperidine rings is 1. The Hall–Kier alpha value is -0.380. The molecule has 0 aliphatic carbocycles. The number of rotatable bonds is 2. The predicted octanol–water partition coefficient (Wildman–Crippen LogP) is 3.04. The van der Waals surface area contributed by atoms with Gasteiger partial charge in [0.2, 0.25) is 0 Å². The topological polar surface area (TPSA) is 32.3 Å². The summed E-state index contributed by atoms with van der Waals surface area (Å²) in [6, 6.07) is 8.05. The van der Waals surface area contributed by atoms with Gasteiger partial charge in [0.05, 0.1) is 0 Å².